The van der Waals surface area contributed by atoms with Gasteiger partial charge in [-0.05, 0) is 12.1 Å². The number of nitrogens with zero attached hydrogens (tertiary/aromatic N) is 2. The highest BCUT2D eigenvalue weighted by atomic mass is 79.9. The number of aryl methyl sites for hydroxylation is 1. The first-order valence-corrected chi connectivity index (χ1v) is 7.43. The van der Waals surface area contributed by atoms with Gasteiger partial charge in [-0.1, -0.05) is 22.0 Å². The minimum Gasteiger partial charge on any atom is -0.397 e. The van der Waals surface area contributed by atoms with Crippen LogP contribution in [0.2, 0.25) is 0 Å². The van der Waals surface area contributed by atoms with Gasteiger partial charge in [0.1, 0.15) is 4.88 Å². The summed E-state index contributed by atoms with van der Waals surface area (Å²) in [7, 11) is 1.79. The predicted molar refractivity (Wildman–Crippen MR) is 85.1 cm³/mol. The Bertz CT molecular complexity index is 808. The van der Waals surface area contributed by atoms with Crippen molar-refractivity contribution in [2.75, 3.05) is 11.1 Å². The monoisotopic (exact) mass is 350 g/mol. The van der Waals surface area contributed by atoms with Crippen LogP contribution in [-0.4, -0.2) is 15.7 Å². The fourth-order valence-corrected chi connectivity index (χ4v) is 3.73. The second-order valence-electron chi connectivity index (χ2n) is 4.31. The first-order valence-electron chi connectivity index (χ1n) is 5.83. The quantitative estimate of drug-likeness (QED) is 0.745. The molecule has 3 rings (SSSR count). The number of fused-ring (bicyclic) bond motifs is 1. The SMILES string of the molecule is Cn1cc(NC(=O)c2sc3cccc(Br)c3c2N)cn1. The zero-order valence-corrected chi connectivity index (χ0v) is 13.0. The van der Waals surface area contributed by atoms with Gasteiger partial charge in [0.25, 0.3) is 5.91 Å². The summed E-state index contributed by atoms with van der Waals surface area (Å²) in [5, 5.41) is 7.69. The Morgan fingerprint density at radius 3 is 2.95 bits per heavy atom. The summed E-state index contributed by atoms with van der Waals surface area (Å²) in [4.78, 5) is 12.8. The maximum atomic E-state index is 12.3. The number of nitrogens with one attached hydrogen (secondary N) is 1. The third kappa shape index (κ3) is 2.19. The van der Waals surface area contributed by atoms with Crippen LogP contribution < -0.4 is 11.1 Å². The van der Waals surface area contributed by atoms with Crippen molar-refractivity contribution in [3.05, 3.63) is 39.9 Å². The van der Waals surface area contributed by atoms with Gasteiger partial charge in [0, 0.05) is 27.8 Å². The summed E-state index contributed by atoms with van der Waals surface area (Å²) in [5.74, 6) is -0.219. The molecule has 0 saturated heterocycles. The molecule has 0 radical (unpaired) electrons. The molecule has 102 valence electrons. The number of nitrogen functional groups attached to an aromatic ring is 1. The number of hydrogen-bond donors (Lipinski definition) is 2. The van der Waals surface area contributed by atoms with Gasteiger partial charge in [-0.25, -0.2) is 0 Å². The van der Waals surface area contributed by atoms with Crippen LogP contribution in [0.1, 0.15) is 9.67 Å². The van der Waals surface area contributed by atoms with Gasteiger partial charge in [0.2, 0.25) is 0 Å². The highest BCUT2D eigenvalue weighted by Gasteiger charge is 2.18. The molecule has 3 N–H and O–H groups in total. The first kappa shape index (κ1) is 13.1. The van der Waals surface area contributed by atoms with E-state index in [0.717, 1.165) is 14.6 Å². The number of carbonyl (C=O) groups excluding carboxylic acids is 1. The van der Waals surface area contributed by atoms with Crippen molar-refractivity contribution in [2.45, 2.75) is 0 Å². The van der Waals surface area contributed by atoms with Gasteiger partial charge in [0.05, 0.1) is 17.6 Å². The van der Waals surface area contributed by atoms with Gasteiger partial charge < -0.3 is 11.1 Å². The third-order valence-electron chi connectivity index (χ3n) is 2.87. The van der Waals surface area contributed by atoms with Crippen molar-refractivity contribution in [3.63, 3.8) is 0 Å². The number of benzene rings is 1. The molecular weight excluding hydrogens is 340 g/mol. The van der Waals surface area contributed by atoms with E-state index in [-0.39, 0.29) is 5.91 Å². The molecule has 0 aliphatic heterocycles. The van der Waals surface area contributed by atoms with Crippen LogP contribution in [0.3, 0.4) is 0 Å². The molecule has 0 aliphatic carbocycles. The fraction of sp³-hybridized carbons (Fsp3) is 0.0769. The zero-order valence-electron chi connectivity index (χ0n) is 10.6. The van der Waals surface area contributed by atoms with Crippen molar-refractivity contribution in [2.24, 2.45) is 7.05 Å². The molecule has 1 aromatic carbocycles. The van der Waals surface area contributed by atoms with Crippen LogP contribution in [0.5, 0.6) is 0 Å². The number of halogens is 1. The maximum Gasteiger partial charge on any atom is 0.267 e. The van der Waals surface area contributed by atoms with Crippen molar-refractivity contribution in [1.82, 2.24) is 9.78 Å². The number of aromatic nitrogens is 2. The summed E-state index contributed by atoms with van der Waals surface area (Å²) in [5.41, 5.74) is 7.24. The standard InChI is InChI=1S/C13H11BrN4OS/c1-18-6-7(5-16-18)17-13(19)12-11(15)10-8(14)3-2-4-9(10)20-12/h2-6H,15H2,1H3,(H,17,19). The fourth-order valence-electron chi connectivity index (χ4n) is 1.97. The van der Waals surface area contributed by atoms with E-state index in [1.54, 1.807) is 24.1 Å². The number of nitrogens with two attached hydrogens (primary N) is 1. The molecule has 20 heavy (non-hydrogen) atoms. The highest BCUT2D eigenvalue weighted by molar-refractivity contribution is 9.10. The predicted octanol–water partition coefficient (Wildman–Crippen LogP) is 3.23. The van der Waals surface area contributed by atoms with E-state index in [1.807, 2.05) is 18.2 Å². The topological polar surface area (TPSA) is 72.9 Å². The average Bonchev–Trinajstić information content (AvgIpc) is 2.95. The van der Waals surface area contributed by atoms with E-state index in [9.17, 15) is 4.79 Å². The molecule has 0 unspecified atom stereocenters. The minimum absolute atomic E-state index is 0.219. The summed E-state index contributed by atoms with van der Waals surface area (Å²) < 4.78 is 3.50. The van der Waals surface area contributed by atoms with E-state index in [0.29, 0.717) is 16.3 Å². The minimum atomic E-state index is -0.219. The Kier molecular flexibility index (Phi) is 3.23. The van der Waals surface area contributed by atoms with E-state index < -0.39 is 0 Å². The third-order valence-corrected chi connectivity index (χ3v) is 4.70. The molecule has 0 aliphatic rings. The molecule has 0 bridgehead atoms. The number of hydrogen-bond acceptors (Lipinski definition) is 4. The van der Waals surface area contributed by atoms with Gasteiger partial charge in [-0.15, -0.1) is 11.3 Å². The Labute approximate surface area is 127 Å². The molecule has 7 heteroatoms. The van der Waals surface area contributed by atoms with E-state index in [1.165, 1.54) is 11.3 Å². The second kappa shape index (κ2) is 4.92. The lowest BCUT2D eigenvalue weighted by Crippen LogP contribution is -2.11. The van der Waals surface area contributed by atoms with E-state index >= 15 is 0 Å². The number of amides is 1. The van der Waals surface area contributed by atoms with E-state index in [4.69, 9.17) is 5.73 Å². The number of rotatable bonds is 2. The van der Waals surface area contributed by atoms with E-state index in [2.05, 4.69) is 26.3 Å². The maximum absolute atomic E-state index is 12.3. The summed E-state index contributed by atoms with van der Waals surface area (Å²) in [6.45, 7) is 0. The molecule has 0 atom stereocenters. The molecule has 0 saturated carbocycles. The number of anilines is 2. The second-order valence-corrected chi connectivity index (χ2v) is 6.22. The molecule has 0 spiro atoms. The van der Waals surface area contributed by atoms with Crippen LogP contribution in [0.4, 0.5) is 11.4 Å². The molecule has 0 fully saturated rings. The van der Waals surface area contributed by atoms with Gasteiger partial charge in [-0.3, -0.25) is 9.48 Å². The van der Waals surface area contributed by atoms with Crippen molar-refractivity contribution >= 4 is 54.6 Å². The zero-order chi connectivity index (χ0) is 14.3. The van der Waals surface area contributed by atoms with Crippen LogP contribution in [0, 0.1) is 0 Å². The smallest absolute Gasteiger partial charge is 0.267 e. The summed E-state index contributed by atoms with van der Waals surface area (Å²) in [6.07, 6.45) is 3.33. The normalized spacial score (nSPS) is 10.9. The van der Waals surface area contributed by atoms with Crippen LogP contribution >= 0.6 is 27.3 Å². The average molecular weight is 351 g/mol. The lowest BCUT2D eigenvalue weighted by atomic mass is 10.2. The Balaban J connectivity index is 1.99. The first-order chi connectivity index (χ1) is 9.56. The van der Waals surface area contributed by atoms with Crippen LogP contribution in [0.25, 0.3) is 10.1 Å². The molecule has 5 nitrogen and oxygen atoms in total. The lowest BCUT2D eigenvalue weighted by Gasteiger charge is -2.01. The molecule has 2 aromatic heterocycles. The van der Waals surface area contributed by atoms with Gasteiger partial charge in [0.15, 0.2) is 0 Å². The Morgan fingerprint density at radius 2 is 2.30 bits per heavy atom. The van der Waals surface area contributed by atoms with Crippen LogP contribution in [0.15, 0.2) is 35.1 Å². The highest BCUT2D eigenvalue weighted by Crippen LogP contribution is 2.38. The molecule has 1 amide bonds. The van der Waals surface area contributed by atoms with Gasteiger partial charge in [-0.2, -0.15) is 5.10 Å². The molecule has 2 heterocycles. The number of thiophene rings is 1. The molecular formula is C13H11BrN4OS. The van der Waals surface area contributed by atoms with Crippen molar-refractivity contribution in [1.29, 1.82) is 0 Å². The molecule has 3 aromatic rings. The lowest BCUT2D eigenvalue weighted by molar-refractivity contribution is 0.103. The summed E-state index contributed by atoms with van der Waals surface area (Å²) >= 11 is 4.84. The number of carbonyl (C=O) groups is 1. The summed E-state index contributed by atoms with van der Waals surface area (Å²) in [6, 6.07) is 5.78. The Hall–Kier alpha value is -1.86. The Morgan fingerprint density at radius 1 is 1.50 bits per heavy atom. The van der Waals surface area contributed by atoms with Crippen molar-refractivity contribution < 1.29 is 4.79 Å². The van der Waals surface area contributed by atoms with Crippen molar-refractivity contribution in [3.8, 4) is 0 Å². The van der Waals surface area contributed by atoms with Gasteiger partial charge >= 0.3 is 0 Å². The largest absolute Gasteiger partial charge is 0.397 e. The van der Waals surface area contributed by atoms with Crippen LogP contribution in [-0.2, 0) is 7.05 Å².